The van der Waals surface area contributed by atoms with Crippen molar-refractivity contribution in [3.05, 3.63) is 41.5 Å². The first kappa shape index (κ1) is 29.1. The Morgan fingerprint density at radius 3 is 2.65 bits per heavy atom. The van der Waals surface area contributed by atoms with Gasteiger partial charge in [0.05, 0.1) is 18.2 Å². The van der Waals surface area contributed by atoms with E-state index in [1.165, 1.54) is 25.4 Å². The lowest BCUT2D eigenvalue weighted by Crippen LogP contribution is -2.41. The van der Waals surface area contributed by atoms with E-state index in [0.717, 1.165) is 23.6 Å². The van der Waals surface area contributed by atoms with E-state index in [4.69, 9.17) is 5.26 Å². The maximum Gasteiger partial charge on any atom is 0.422 e. The van der Waals surface area contributed by atoms with Gasteiger partial charge < -0.3 is 10.4 Å². The number of fused-ring (bicyclic) bond motifs is 1. The zero-order chi connectivity index (χ0) is 29.4. The van der Waals surface area contributed by atoms with Gasteiger partial charge in [0, 0.05) is 31.0 Å². The number of hydrogen-bond acceptors (Lipinski definition) is 6. The zero-order valence-electron chi connectivity index (χ0n) is 22.3. The number of nitriles is 1. The molecule has 2 heterocycles. The van der Waals surface area contributed by atoms with Gasteiger partial charge in [-0.05, 0) is 73.9 Å². The van der Waals surface area contributed by atoms with Crippen LogP contribution in [0.2, 0.25) is 0 Å². The van der Waals surface area contributed by atoms with Gasteiger partial charge in [-0.1, -0.05) is 6.42 Å². The Labute approximate surface area is 228 Å². The molecule has 0 bridgehead atoms. The monoisotopic (exact) mass is 559 g/mol. The minimum absolute atomic E-state index is 0.0178. The third-order valence-electron chi connectivity index (χ3n) is 7.52. The van der Waals surface area contributed by atoms with Gasteiger partial charge in [0.1, 0.15) is 17.1 Å². The smallest absolute Gasteiger partial charge is 0.375 e. The number of carbonyl (C=O) groups excluding carboxylic acids is 2. The molecule has 3 aromatic rings. The summed E-state index contributed by atoms with van der Waals surface area (Å²) < 4.78 is 57.0. The normalized spacial score (nSPS) is 19.2. The lowest BCUT2D eigenvalue weighted by molar-refractivity contribution is -0.260. The number of ketones is 1. The van der Waals surface area contributed by atoms with Crippen LogP contribution in [0, 0.1) is 35.9 Å². The average Bonchev–Trinajstić information content (AvgIpc) is 3.21. The second-order valence-electron chi connectivity index (χ2n) is 10.6. The van der Waals surface area contributed by atoms with E-state index in [0.29, 0.717) is 30.9 Å². The van der Waals surface area contributed by atoms with E-state index >= 15 is 4.39 Å². The number of hydrogen-bond donors (Lipinski definition) is 2. The molecule has 0 unspecified atom stereocenters. The molecule has 40 heavy (non-hydrogen) atoms. The van der Waals surface area contributed by atoms with Crippen LogP contribution >= 0.6 is 0 Å². The number of benzene rings is 1. The molecule has 0 spiro atoms. The number of aromatic nitrogens is 3. The van der Waals surface area contributed by atoms with Crippen molar-refractivity contribution >= 4 is 28.4 Å². The number of amides is 1. The lowest BCUT2D eigenvalue weighted by atomic mass is 9.78. The second kappa shape index (κ2) is 11.0. The Morgan fingerprint density at radius 1 is 1.25 bits per heavy atom. The van der Waals surface area contributed by atoms with E-state index in [1.54, 1.807) is 6.92 Å². The first-order valence-corrected chi connectivity index (χ1v) is 12.8. The summed E-state index contributed by atoms with van der Waals surface area (Å²) in [5, 5.41) is 25.5. The van der Waals surface area contributed by atoms with E-state index in [9.17, 15) is 27.9 Å². The molecule has 0 aliphatic heterocycles. The third-order valence-corrected chi connectivity index (χ3v) is 7.52. The molecule has 1 aromatic carbocycles. The van der Waals surface area contributed by atoms with Crippen molar-refractivity contribution in [1.29, 1.82) is 5.26 Å². The minimum Gasteiger partial charge on any atom is -0.375 e. The first-order valence-electron chi connectivity index (χ1n) is 12.8. The van der Waals surface area contributed by atoms with Crippen molar-refractivity contribution in [2.75, 3.05) is 5.32 Å². The molecule has 4 rings (SSSR count). The summed E-state index contributed by atoms with van der Waals surface area (Å²) in [7, 11) is 1.20. The van der Waals surface area contributed by atoms with Crippen LogP contribution in [0.1, 0.15) is 56.7 Å². The van der Waals surface area contributed by atoms with E-state index in [1.807, 2.05) is 6.07 Å². The highest BCUT2D eigenvalue weighted by atomic mass is 19.4. The van der Waals surface area contributed by atoms with Crippen LogP contribution in [0.25, 0.3) is 22.0 Å². The molecule has 1 saturated carbocycles. The molecule has 0 radical (unpaired) electrons. The van der Waals surface area contributed by atoms with Crippen molar-refractivity contribution in [1.82, 2.24) is 14.8 Å². The highest BCUT2D eigenvalue weighted by Gasteiger charge is 2.54. The summed E-state index contributed by atoms with van der Waals surface area (Å²) in [5.74, 6) is -1.44. The number of rotatable bonds is 7. The number of nitrogens with zero attached hydrogens (tertiary/aromatic N) is 4. The number of alkyl halides is 3. The molecule has 8 nitrogen and oxygen atoms in total. The standard InChI is InChI=1S/C28H29F4N5O3/c1-15-14-34-23(35-26(39)17-6-4-5-16(9-17)10-19(38)7-8-33)13-20(15)18-11-21-24(22(29)12-18)36-37(3)25(21)27(2,40)28(30,31)32/h11-14,16-17,40H,4-7,9-10H2,1-3H3,(H,34,35,39)/t16-,17+,27-/m1/s1. The number of halogens is 4. The number of aliphatic hydroxyl groups is 1. The van der Waals surface area contributed by atoms with Gasteiger partial charge in [0.15, 0.2) is 11.4 Å². The Morgan fingerprint density at radius 2 is 1.98 bits per heavy atom. The van der Waals surface area contributed by atoms with Crippen molar-refractivity contribution in [2.24, 2.45) is 18.9 Å². The number of pyridine rings is 1. The molecule has 3 atom stereocenters. The van der Waals surface area contributed by atoms with Crippen LogP contribution in [-0.4, -0.2) is 37.7 Å². The lowest BCUT2D eigenvalue weighted by Gasteiger charge is -2.27. The fraction of sp³-hybridized carbons (Fsp3) is 0.464. The number of carbonyl (C=O) groups is 2. The van der Waals surface area contributed by atoms with Gasteiger partial charge in [0.25, 0.3) is 0 Å². The van der Waals surface area contributed by atoms with Crippen LogP contribution in [-0.2, 0) is 22.2 Å². The van der Waals surface area contributed by atoms with Crippen LogP contribution in [0.3, 0.4) is 0 Å². The average molecular weight is 560 g/mol. The van der Waals surface area contributed by atoms with Crippen molar-refractivity contribution in [2.45, 2.75) is 64.1 Å². The fourth-order valence-electron chi connectivity index (χ4n) is 5.45. The van der Waals surface area contributed by atoms with E-state index in [-0.39, 0.29) is 58.7 Å². The zero-order valence-corrected chi connectivity index (χ0v) is 22.3. The molecule has 12 heteroatoms. The Kier molecular flexibility index (Phi) is 7.99. The first-order chi connectivity index (χ1) is 18.7. The highest BCUT2D eigenvalue weighted by molar-refractivity contribution is 5.93. The fourth-order valence-corrected chi connectivity index (χ4v) is 5.45. The SMILES string of the molecule is Cc1cnc(NC(=O)[C@H]2CCC[C@@H](CC(=O)CC#N)C2)cc1-c1cc(F)c2nn(C)c([C@@](C)(O)C(F)(F)F)c2c1. The molecular weight excluding hydrogens is 530 g/mol. The summed E-state index contributed by atoms with van der Waals surface area (Å²) in [4.78, 5) is 29.2. The van der Waals surface area contributed by atoms with Crippen LogP contribution in [0.4, 0.5) is 23.4 Å². The van der Waals surface area contributed by atoms with Gasteiger partial charge in [-0.15, -0.1) is 0 Å². The van der Waals surface area contributed by atoms with Gasteiger partial charge >= 0.3 is 6.18 Å². The van der Waals surface area contributed by atoms with Crippen molar-refractivity contribution < 1.29 is 32.3 Å². The number of Topliss-reactive ketones (excluding diaryl/α,β-unsaturated/α-hetero) is 1. The topological polar surface area (TPSA) is 121 Å². The van der Waals surface area contributed by atoms with Crippen molar-refractivity contribution in [3.8, 4) is 17.2 Å². The number of anilines is 1. The molecular formula is C28H29F4N5O3. The molecule has 1 aliphatic rings. The minimum atomic E-state index is -5.04. The molecule has 1 fully saturated rings. The highest BCUT2D eigenvalue weighted by Crippen LogP contribution is 2.42. The predicted octanol–water partition coefficient (Wildman–Crippen LogP) is 5.47. The van der Waals surface area contributed by atoms with Crippen LogP contribution in [0.5, 0.6) is 0 Å². The van der Waals surface area contributed by atoms with Crippen LogP contribution < -0.4 is 5.32 Å². The molecule has 2 aromatic heterocycles. The summed E-state index contributed by atoms with van der Waals surface area (Å²) >= 11 is 0. The molecule has 2 N–H and O–H groups in total. The maximum atomic E-state index is 15.1. The number of nitrogens with one attached hydrogen (secondary N) is 1. The summed E-state index contributed by atoms with van der Waals surface area (Å²) in [6, 6.07) is 5.84. The summed E-state index contributed by atoms with van der Waals surface area (Å²) in [5.41, 5.74) is -2.97. The third kappa shape index (κ3) is 5.70. The van der Waals surface area contributed by atoms with Crippen molar-refractivity contribution in [3.63, 3.8) is 0 Å². The summed E-state index contributed by atoms with van der Waals surface area (Å²) in [6.45, 7) is 2.28. The van der Waals surface area contributed by atoms with Crippen LogP contribution in [0.15, 0.2) is 24.4 Å². The van der Waals surface area contributed by atoms with Gasteiger partial charge in [-0.2, -0.15) is 23.5 Å². The molecule has 212 valence electrons. The van der Waals surface area contributed by atoms with Gasteiger partial charge in [-0.3, -0.25) is 14.3 Å². The largest absolute Gasteiger partial charge is 0.422 e. The van der Waals surface area contributed by atoms with E-state index in [2.05, 4.69) is 15.4 Å². The second-order valence-corrected chi connectivity index (χ2v) is 10.6. The molecule has 1 aliphatic carbocycles. The molecule has 1 amide bonds. The quantitative estimate of drug-likeness (QED) is 0.371. The Balaban J connectivity index is 1.63. The maximum absolute atomic E-state index is 15.1. The Hall–Kier alpha value is -3.85. The molecule has 0 saturated heterocycles. The summed E-state index contributed by atoms with van der Waals surface area (Å²) in [6.07, 6.45) is -0.744. The Bertz CT molecular complexity index is 1510. The van der Waals surface area contributed by atoms with Gasteiger partial charge in [0.2, 0.25) is 5.91 Å². The number of aryl methyl sites for hydroxylation is 2. The predicted molar refractivity (Wildman–Crippen MR) is 138 cm³/mol. The van der Waals surface area contributed by atoms with Gasteiger partial charge in [-0.25, -0.2) is 9.37 Å². The van der Waals surface area contributed by atoms with E-state index < -0.39 is 23.3 Å².